The van der Waals surface area contributed by atoms with Crippen molar-refractivity contribution in [3.05, 3.63) is 102 Å². The Morgan fingerprint density at radius 2 is 1.56 bits per heavy atom. The maximum Gasteiger partial charge on any atom is 0.251 e. The second kappa shape index (κ2) is 18.1. The number of nitrogens with one attached hydrogen (secondary N) is 4. The first-order valence-corrected chi connectivity index (χ1v) is 16.6. The molecule has 240 valence electrons. The monoisotopic (exact) mass is 610 g/mol. The molecule has 2 atom stereocenters. The highest BCUT2D eigenvalue weighted by Gasteiger charge is 2.24. The normalized spacial score (nSPS) is 12.7. The lowest BCUT2D eigenvalue weighted by atomic mass is 9.99. The van der Waals surface area contributed by atoms with Crippen molar-refractivity contribution < 1.29 is 9.59 Å². The van der Waals surface area contributed by atoms with E-state index in [1.165, 1.54) is 12.8 Å². The maximum atomic E-state index is 13.8. The number of unbranched alkanes of at least 4 members (excludes halogenated alkanes) is 2. The lowest BCUT2D eigenvalue weighted by molar-refractivity contribution is -0.123. The molecule has 2 amide bonds. The largest absolute Gasteiger partial charge is 0.348 e. The molecule has 0 bridgehead atoms. The molecule has 0 radical (unpaired) electrons. The Bertz CT molecular complexity index is 1440. The fourth-order valence-corrected chi connectivity index (χ4v) is 5.64. The zero-order chi connectivity index (χ0) is 31.9. The van der Waals surface area contributed by atoms with Gasteiger partial charge >= 0.3 is 0 Å². The summed E-state index contributed by atoms with van der Waals surface area (Å²) in [6.45, 7) is 10.8. The number of nitrogens with zero attached hydrogens (tertiary/aromatic N) is 2. The summed E-state index contributed by atoms with van der Waals surface area (Å²) in [4.78, 5) is 37.0. The van der Waals surface area contributed by atoms with Crippen LogP contribution >= 0.6 is 0 Å². The highest BCUT2D eigenvalue weighted by Crippen LogP contribution is 2.24. The van der Waals surface area contributed by atoms with Crippen molar-refractivity contribution >= 4 is 22.6 Å². The standard InChI is InChI=1S/C37H50N6O2/c1-4-6-23-43(24-7-5-2)25-11-16-34(37(45)41-28(3)32-15-10-13-30-12-8-9-14-33(30)32)42-36(44)31-19-17-29(18-20-31)26-38-27-35-39-21-22-40-35/h8-10,12-15,17-22,28,34,38H,4-7,11,16,23-27H2,1-3H3,(H,39,40)(H,41,45)(H,42,44)/t28-,34-/m0/s1. The van der Waals surface area contributed by atoms with E-state index in [1.54, 1.807) is 12.4 Å². The van der Waals surface area contributed by atoms with Gasteiger partial charge in [0.25, 0.3) is 5.91 Å². The number of hydrogen-bond acceptors (Lipinski definition) is 5. The first-order chi connectivity index (χ1) is 22.0. The lowest BCUT2D eigenvalue weighted by Crippen LogP contribution is -2.47. The molecule has 4 rings (SSSR count). The Hall–Kier alpha value is -4.01. The number of hydrogen-bond donors (Lipinski definition) is 4. The van der Waals surface area contributed by atoms with Gasteiger partial charge in [-0.25, -0.2) is 4.98 Å². The second-order valence-corrected chi connectivity index (χ2v) is 11.9. The van der Waals surface area contributed by atoms with Gasteiger partial charge in [0.15, 0.2) is 0 Å². The molecule has 0 aliphatic heterocycles. The minimum absolute atomic E-state index is 0.156. The summed E-state index contributed by atoms with van der Waals surface area (Å²) in [6.07, 6.45) is 9.60. The Morgan fingerprint density at radius 1 is 0.844 bits per heavy atom. The van der Waals surface area contributed by atoms with Crippen LogP contribution in [-0.4, -0.2) is 52.4 Å². The van der Waals surface area contributed by atoms with Crippen molar-refractivity contribution in [1.29, 1.82) is 0 Å². The van der Waals surface area contributed by atoms with Crippen molar-refractivity contribution in [2.45, 2.75) is 84.5 Å². The third-order valence-electron chi connectivity index (χ3n) is 8.29. The highest BCUT2D eigenvalue weighted by molar-refractivity contribution is 5.97. The van der Waals surface area contributed by atoms with Crippen LogP contribution < -0.4 is 16.0 Å². The molecule has 0 saturated carbocycles. The molecule has 1 heterocycles. The fraction of sp³-hybridized carbons (Fsp3) is 0.432. The quantitative estimate of drug-likeness (QED) is 0.0970. The number of carbonyl (C=O) groups is 2. The summed E-state index contributed by atoms with van der Waals surface area (Å²) in [7, 11) is 0. The van der Waals surface area contributed by atoms with Gasteiger partial charge in [0.1, 0.15) is 11.9 Å². The zero-order valence-corrected chi connectivity index (χ0v) is 27.1. The molecule has 8 heteroatoms. The number of aromatic amines is 1. The van der Waals surface area contributed by atoms with Crippen molar-refractivity contribution in [1.82, 2.24) is 30.8 Å². The molecule has 8 nitrogen and oxygen atoms in total. The van der Waals surface area contributed by atoms with Crippen LogP contribution in [0.15, 0.2) is 79.1 Å². The molecule has 0 aliphatic carbocycles. The Kier molecular flexibility index (Phi) is 13.6. The topological polar surface area (TPSA) is 102 Å². The molecule has 1 aromatic heterocycles. The summed E-state index contributed by atoms with van der Waals surface area (Å²) in [6, 6.07) is 21.1. The van der Waals surface area contributed by atoms with Crippen molar-refractivity contribution in [3.63, 3.8) is 0 Å². The predicted molar refractivity (Wildman–Crippen MR) is 183 cm³/mol. The van der Waals surface area contributed by atoms with Gasteiger partial charge in [-0.2, -0.15) is 0 Å². The van der Waals surface area contributed by atoms with Crippen LogP contribution in [0.5, 0.6) is 0 Å². The van der Waals surface area contributed by atoms with Gasteiger partial charge < -0.3 is 25.8 Å². The van der Waals surface area contributed by atoms with E-state index in [4.69, 9.17) is 0 Å². The molecule has 0 spiro atoms. The molecule has 0 saturated heterocycles. The molecular formula is C37H50N6O2. The van der Waals surface area contributed by atoms with Crippen LogP contribution in [0.3, 0.4) is 0 Å². The molecule has 45 heavy (non-hydrogen) atoms. The van der Waals surface area contributed by atoms with E-state index < -0.39 is 6.04 Å². The minimum atomic E-state index is -0.635. The van der Waals surface area contributed by atoms with Gasteiger partial charge in [0, 0.05) is 24.5 Å². The third kappa shape index (κ3) is 10.5. The number of rotatable bonds is 19. The average Bonchev–Trinajstić information content (AvgIpc) is 3.58. The highest BCUT2D eigenvalue weighted by atomic mass is 16.2. The summed E-state index contributed by atoms with van der Waals surface area (Å²) in [5.74, 6) is 0.483. The Labute approximate surface area is 268 Å². The van der Waals surface area contributed by atoms with Crippen LogP contribution in [0.25, 0.3) is 10.8 Å². The maximum absolute atomic E-state index is 13.8. The van der Waals surface area contributed by atoms with Gasteiger partial charge in [-0.05, 0) is 86.3 Å². The van der Waals surface area contributed by atoms with Crippen LogP contribution in [0.4, 0.5) is 0 Å². The molecule has 4 N–H and O–H groups in total. The number of carbonyl (C=O) groups excluding carboxylic acids is 2. The summed E-state index contributed by atoms with van der Waals surface area (Å²) < 4.78 is 0. The van der Waals surface area contributed by atoms with Crippen LogP contribution in [-0.2, 0) is 17.9 Å². The summed E-state index contributed by atoms with van der Waals surface area (Å²) >= 11 is 0. The molecule has 4 aromatic rings. The lowest BCUT2D eigenvalue weighted by Gasteiger charge is -2.25. The summed E-state index contributed by atoms with van der Waals surface area (Å²) in [5, 5.41) is 11.9. The van der Waals surface area contributed by atoms with Crippen LogP contribution in [0.2, 0.25) is 0 Å². The van der Waals surface area contributed by atoms with E-state index in [0.29, 0.717) is 25.1 Å². The smallest absolute Gasteiger partial charge is 0.251 e. The number of H-pyrrole nitrogens is 1. The Morgan fingerprint density at radius 3 is 2.27 bits per heavy atom. The number of aromatic nitrogens is 2. The number of imidazole rings is 1. The summed E-state index contributed by atoms with van der Waals surface area (Å²) in [5.41, 5.74) is 2.67. The number of amides is 2. The van der Waals surface area contributed by atoms with E-state index >= 15 is 0 Å². The van der Waals surface area contributed by atoms with Crippen molar-refractivity contribution in [3.8, 4) is 0 Å². The van der Waals surface area contributed by atoms with Crippen molar-refractivity contribution in [2.24, 2.45) is 0 Å². The first-order valence-electron chi connectivity index (χ1n) is 16.6. The van der Waals surface area contributed by atoms with Crippen LogP contribution in [0.1, 0.15) is 92.6 Å². The van der Waals surface area contributed by atoms with E-state index in [0.717, 1.165) is 66.6 Å². The first kappa shape index (κ1) is 33.9. The SMILES string of the molecule is CCCCN(CCCC)CCC[C@H](NC(=O)c1ccc(CNCc2ncc[nH]2)cc1)C(=O)N[C@@H](C)c1cccc2ccccc12. The Balaban J connectivity index is 1.41. The molecular weight excluding hydrogens is 560 g/mol. The third-order valence-corrected chi connectivity index (χ3v) is 8.29. The molecule has 0 fully saturated rings. The van der Waals surface area contributed by atoms with Gasteiger partial charge in [-0.1, -0.05) is 81.3 Å². The fourth-order valence-electron chi connectivity index (χ4n) is 5.64. The van der Waals surface area contributed by atoms with Crippen molar-refractivity contribution in [2.75, 3.05) is 19.6 Å². The van der Waals surface area contributed by atoms with E-state index in [1.807, 2.05) is 49.4 Å². The van der Waals surface area contributed by atoms with E-state index in [9.17, 15) is 9.59 Å². The van der Waals surface area contributed by atoms with E-state index in [2.05, 4.69) is 68.9 Å². The molecule has 0 unspecified atom stereocenters. The molecule has 0 aliphatic rings. The van der Waals surface area contributed by atoms with Gasteiger partial charge in [0.2, 0.25) is 5.91 Å². The zero-order valence-electron chi connectivity index (χ0n) is 27.1. The molecule has 3 aromatic carbocycles. The van der Waals surface area contributed by atoms with Gasteiger partial charge in [-0.15, -0.1) is 0 Å². The predicted octanol–water partition coefficient (Wildman–Crippen LogP) is 6.51. The average molecular weight is 611 g/mol. The minimum Gasteiger partial charge on any atom is -0.348 e. The van der Waals surface area contributed by atoms with Gasteiger partial charge in [0.05, 0.1) is 12.6 Å². The van der Waals surface area contributed by atoms with E-state index in [-0.39, 0.29) is 17.9 Å². The number of fused-ring (bicyclic) bond motifs is 1. The van der Waals surface area contributed by atoms with Crippen LogP contribution in [0, 0.1) is 0 Å². The second-order valence-electron chi connectivity index (χ2n) is 11.9. The van der Waals surface area contributed by atoms with Gasteiger partial charge in [-0.3, -0.25) is 9.59 Å². The number of benzene rings is 3.